The number of carbonyl (C=O) groups excluding carboxylic acids is 1. The first-order valence-corrected chi connectivity index (χ1v) is 8.25. The van der Waals surface area contributed by atoms with Crippen molar-refractivity contribution in [1.82, 2.24) is 14.8 Å². The Balaban J connectivity index is 2.02. The van der Waals surface area contributed by atoms with Crippen LogP contribution in [0.4, 0.5) is 5.69 Å². The van der Waals surface area contributed by atoms with Crippen molar-refractivity contribution >= 4 is 28.3 Å². The number of fused-ring (bicyclic) bond motifs is 1. The summed E-state index contributed by atoms with van der Waals surface area (Å²) in [5.41, 5.74) is 8.92. The van der Waals surface area contributed by atoms with Gasteiger partial charge in [0.15, 0.2) is 0 Å². The molecule has 134 valence electrons. The number of anilines is 1. The van der Waals surface area contributed by atoms with E-state index in [1.807, 2.05) is 52.1 Å². The summed E-state index contributed by atoms with van der Waals surface area (Å²) in [5.74, 6) is -0.143. The smallest absolute Gasteiger partial charge is 0.229 e. The second-order valence-corrected chi connectivity index (χ2v) is 7.28. The zero-order valence-corrected chi connectivity index (χ0v) is 15.3. The third kappa shape index (κ3) is 3.28. The monoisotopic (exact) mass is 350 g/mol. The van der Waals surface area contributed by atoms with Gasteiger partial charge in [-0.2, -0.15) is 5.10 Å². The van der Waals surface area contributed by atoms with Gasteiger partial charge in [0.05, 0.1) is 17.4 Å². The van der Waals surface area contributed by atoms with E-state index in [1.54, 1.807) is 17.1 Å². The van der Waals surface area contributed by atoms with E-state index in [9.17, 15) is 4.79 Å². The second-order valence-electron chi connectivity index (χ2n) is 7.28. The van der Waals surface area contributed by atoms with E-state index in [0.29, 0.717) is 11.4 Å². The van der Waals surface area contributed by atoms with Gasteiger partial charge in [0.25, 0.3) is 0 Å². The summed E-state index contributed by atoms with van der Waals surface area (Å²) in [6, 6.07) is 7.71. The molecule has 0 saturated carbocycles. The molecule has 0 bridgehead atoms. The van der Waals surface area contributed by atoms with Crippen LogP contribution in [0.25, 0.3) is 22.0 Å². The molecule has 0 aliphatic heterocycles. The highest BCUT2D eigenvalue weighted by molar-refractivity contribution is 6.06. The van der Waals surface area contributed by atoms with Crippen molar-refractivity contribution in [1.29, 1.82) is 5.41 Å². The Morgan fingerprint density at radius 2 is 1.92 bits per heavy atom. The van der Waals surface area contributed by atoms with Gasteiger partial charge in [0.1, 0.15) is 11.5 Å². The lowest BCUT2D eigenvalue weighted by Gasteiger charge is -2.17. The number of amides is 1. The maximum Gasteiger partial charge on any atom is 0.229 e. The molecule has 7 heteroatoms. The number of pyridine rings is 1. The topological polar surface area (TPSA) is 110 Å². The quantitative estimate of drug-likeness (QED) is 0.498. The second kappa shape index (κ2) is 6.25. The zero-order valence-electron chi connectivity index (χ0n) is 15.3. The molecular formula is C19H22N6O. The number of hydrogen-bond acceptors (Lipinski definition) is 4. The number of rotatable bonds is 3. The summed E-state index contributed by atoms with van der Waals surface area (Å²) in [6.45, 7) is 5.58. The molecule has 0 saturated heterocycles. The number of carbonyl (C=O) groups is 1. The predicted octanol–water partition coefficient (Wildman–Crippen LogP) is 2.90. The van der Waals surface area contributed by atoms with Crippen molar-refractivity contribution in [3.05, 3.63) is 42.4 Å². The average Bonchev–Trinajstić information content (AvgIpc) is 2.91. The largest absolute Gasteiger partial charge is 0.382 e. The molecule has 3 rings (SSSR count). The summed E-state index contributed by atoms with van der Waals surface area (Å²) < 4.78 is 1.70. The standard InChI is InChI=1S/C19H22N6O/c1-19(2,3)18(26)23-13-7-12(9-22-10-13)11-5-6-15-14(8-11)16(17(20)21)24-25(15)4/h5-10H,1-4H3,(H3,20,21)(H,23,26). The molecule has 26 heavy (non-hydrogen) atoms. The van der Waals surface area contributed by atoms with Crippen LogP contribution in [0.15, 0.2) is 36.7 Å². The van der Waals surface area contributed by atoms with E-state index in [-0.39, 0.29) is 11.7 Å². The van der Waals surface area contributed by atoms with E-state index in [4.69, 9.17) is 11.1 Å². The highest BCUT2D eigenvalue weighted by atomic mass is 16.2. The van der Waals surface area contributed by atoms with Gasteiger partial charge in [-0.3, -0.25) is 19.9 Å². The lowest BCUT2D eigenvalue weighted by atomic mass is 9.95. The van der Waals surface area contributed by atoms with Gasteiger partial charge in [-0.15, -0.1) is 0 Å². The zero-order chi connectivity index (χ0) is 19.1. The molecule has 0 spiro atoms. The van der Waals surface area contributed by atoms with Gasteiger partial charge in [-0.05, 0) is 23.8 Å². The molecule has 0 aliphatic carbocycles. The van der Waals surface area contributed by atoms with E-state index >= 15 is 0 Å². The molecule has 4 N–H and O–H groups in total. The number of aryl methyl sites for hydroxylation is 1. The van der Waals surface area contributed by atoms with Crippen LogP contribution >= 0.6 is 0 Å². The van der Waals surface area contributed by atoms with Crippen molar-refractivity contribution in [2.45, 2.75) is 20.8 Å². The minimum atomic E-state index is -0.485. The third-order valence-electron chi connectivity index (χ3n) is 4.12. The summed E-state index contributed by atoms with van der Waals surface area (Å²) in [4.78, 5) is 16.4. The Labute approximate surface area is 151 Å². The van der Waals surface area contributed by atoms with E-state index in [2.05, 4.69) is 15.4 Å². The number of benzene rings is 1. The lowest BCUT2D eigenvalue weighted by Crippen LogP contribution is -2.27. The first kappa shape index (κ1) is 17.6. The van der Waals surface area contributed by atoms with Crippen LogP contribution < -0.4 is 11.1 Å². The molecule has 0 fully saturated rings. The number of aromatic nitrogens is 3. The molecule has 0 atom stereocenters. The van der Waals surface area contributed by atoms with Crippen molar-refractivity contribution < 1.29 is 4.79 Å². The number of amidine groups is 1. The molecule has 3 aromatic rings. The minimum absolute atomic E-state index is 0.0713. The first-order chi connectivity index (χ1) is 12.2. The third-order valence-corrected chi connectivity index (χ3v) is 4.12. The minimum Gasteiger partial charge on any atom is -0.382 e. The average molecular weight is 350 g/mol. The lowest BCUT2D eigenvalue weighted by molar-refractivity contribution is -0.123. The Bertz CT molecular complexity index is 1010. The van der Waals surface area contributed by atoms with Gasteiger partial charge in [0, 0.05) is 29.6 Å². The maximum atomic E-state index is 12.2. The molecule has 7 nitrogen and oxygen atoms in total. The number of nitrogens with two attached hydrogens (primary N) is 1. The fraction of sp³-hybridized carbons (Fsp3) is 0.263. The Morgan fingerprint density at radius 3 is 2.58 bits per heavy atom. The Kier molecular flexibility index (Phi) is 4.23. The number of nitrogens with one attached hydrogen (secondary N) is 2. The Hall–Kier alpha value is -3.22. The number of hydrogen-bond donors (Lipinski definition) is 3. The highest BCUT2D eigenvalue weighted by Gasteiger charge is 2.21. The van der Waals surface area contributed by atoms with Gasteiger partial charge in [-0.1, -0.05) is 26.8 Å². The molecule has 1 amide bonds. The van der Waals surface area contributed by atoms with Crippen LogP contribution in [0.1, 0.15) is 26.5 Å². The van der Waals surface area contributed by atoms with Crippen LogP contribution in [-0.2, 0) is 11.8 Å². The molecule has 0 aliphatic rings. The van der Waals surface area contributed by atoms with Crippen LogP contribution in [0.5, 0.6) is 0 Å². The van der Waals surface area contributed by atoms with E-state index in [1.165, 1.54) is 0 Å². The summed E-state index contributed by atoms with van der Waals surface area (Å²) in [6.07, 6.45) is 3.36. The first-order valence-electron chi connectivity index (χ1n) is 8.25. The van der Waals surface area contributed by atoms with Crippen LogP contribution in [0.3, 0.4) is 0 Å². The fourth-order valence-corrected chi connectivity index (χ4v) is 2.63. The molecule has 0 unspecified atom stereocenters. The molecular weight excluding hydrogens is 328 g/mol. The van der Waals surface area contributed by atoms with Crippen molar-refractivity contribution in [2.75, 3.05) is 5.32 Å². The maximum absolute atomic E-state index is 12.2. The summed E-state index contributed by atoms with van der Waals surface area (Å²) >= 11 is 0. The van der Waals surface area contributed by atoms with Crippen LogP contribution in [0.2, 0.25) is 0 Å². The summed E-state index contributed by atoms with van der Waals surface area (Å²) in [7, 11) is 1.82. The molecule has 2 aromatic heterocycles. The molecule has 2 heterocycles. The van der Waals surface area contributed by atoms with Gasteiger partial charge < -0.3 is 11.1 Å². The van der Waals surface area contributed by atoms with E-state index in [0.717, 1.165) is 22.0 Å². The fourth-order valence-electron chi connectivity index (χ4n) is 2.63. The highest BCUT2D eigenvalue weighted by Crippen LogP contribution is 2.28. The number of nitrogen functional groups attached to an aromatic ring is 1. The van der Waals surface area contributed by atoms with E-state index < -0.39 is 5.41 Å². The van der Waals surface area contributed by atoms with Gasteiger partial charge in [0.2, 0.25) is 5.91 Å². The summed E-state index contributed by atoms with van der Waals surface area (Å²) in [5, 5.41) is 15.7. The predicted molar refractivity (Wildman–Crippen MR) is 103 cm³/mol. The SMILES string of the molecule is Cn1nc(C(=N)N)c2cc(-c3cncc(NC(=O)C(C)(C)C)c3)ccc21. The van der Waals surface area contributed by atoms with Crippen molar-refractivity contribution in [3.63, 3.8) is 0 Å². The Morgan fingerprint density at radius 1 is 1.19 bits per heavy atom. The van der Waals surface area contributed by atoms with Crippen molar-refractivity contribution in [2.24, 2.45) is 18.2 Å². The molecule has 0 radical (unpaired) electrons. The van der Waals surface area contributed by atoms with Gasteiger partial charge in [-0.25, -0.2) is 0 Å². The van der Waals surface area contributed by atoms with Gasteiger partial charge >= 0.3 is 0 Å². The normalized spacial score (nSPS) is 11.5. The molecule has 1 aromatic carbocycles. The van der Waals surface area contributed by atoms with Crippen LogP contribution in [-0.4, -0.2) is 26.5 Å². The van der Waals surface area contributed by atoms with Crippen LogP contribution in [0, 0.1) is 10.8 Å². The van der Waals surface area contributed by atoms with Crippen molar-refractivity contribution in [3.8, 4) is 11.1 Å². The number of nitrogens with zero attached hydrogens (tertiary/aromatic N) is 3.